The highest BCUT2D eigenvalue weighted by molar-refractivity contribution is 7.92. The maximum atomic E-state index is 13.6. The molecule has 9 heteroatoms. The van der Waals surface area contributed by atoms with Gasteiger partial charge in [-0.2, -0.15) is 0 Å². The van der Waals surface area contributed by atoms with Crippen molar-refractivity contribution in [2.45, 2.75) is 42.9 Å². The summed E-state index contributed by atoms with van der Waals surface area (Å²) < 4.78 is 29.4. The number of pyridine rings is 1. The maximum absolute atomic E-state index is 13.6. The zero-order valence-electron chi connectivity index (χ0n) is 18.9. The Labute approximate surface area is 197 Å². The van der Waals surface area contributed by atoms with E-state index in [0.29, 0.717) is 41.9 Å². The van der Waals surface area contributed by atoms with Crippen molar-refractivity contribution in [3.8, 4) is 0 Å². The van der Waals surface area contributed by atoms with E-state index in [4.69, 9.17) is 0 Å². The fourth-order valence-electron chi connectivity index (χ4n) is 4.60. The summed E-state index contributed by atoms with van der Waals surface area (Å²) in [5, 5.41) is -0.269. The molecule has 8 nitrogen and oxygen atoms in total. The Morgan fingerprint density at radius 2 is 1.88 bits per heavy atom. The van der Waals surface area contributed by atoms with E-state index in [2.05, 4.69) is 11.9 Å². The number of sulfone groups is 1. The summed E-state index contributed by atoms with van der Waals surface area (Å²) in [7, 11) is -3.54. The van der Waals surface area contributed by atoms with Crippen molar-refractivity contribution in [2.24, 2.45) is 0 Å². The second-order valence-electron chi connectivity index (χ2n) is 8.64. The number of rotatable bonds is 6. The van der Waals surface area contributed by atoms with Gasteiger partial charge in [0.15, 0.2) is 9.84 Å². The Hall–Kier alpha value is -3.46. The van der Waals surface area contributed by atoms with Crippen LogP contribution >= 0.6 is 0 Å². The number of carbonyl (C=O) groups excluding carboxylic acids is 1. The summed E-state index contributed by atoms with van der Waals surface area (Å²) in [6.07, 6.45) is 3.78. The number of benzene rings is 1. The van der Waals surface area contributed by atoms with Crippen molar-refractivity contribution < 1.29 is 13.2 Å². The van der Waals surface area contributed by atoms with Crippen LogP contribution in [0.5, 0.6) is 0 Å². The smallest absolute Gasteiger partial charge is 0.270 e. The molecule has 4 aromatic rings. The molecular weight excluding hydrogens is 452 g/mol. The molecule has 5 rings (SSSR count). The van der Waals surface area contributed by atoms with Gasteiger partial charge in [-0.15, -0.1) is 0 Å². The molecule has 0 spiro atoms. The van der Waals surface area contributed by atoms with Crippen molar-refractivity contribution in [1.82, 2.24) is 18.9 Å². The van der Waals surface area contributed by atoms with Gasteiger partial charge in [0.2, 0.25) is 0 Å². The van der Waals surface area contributed by atoms with Crippen molar-refractivity contribution in [1.29, 1.82) is 0 Å². The Morgan fingerprint density at radius 3 is 2.65 bits per heavy atom. The lowest BCUT2D eigenvalue weighted by Gasteiger charge is -2.18. The minimum Gasteiger partial charge on any atom is -0.336 e. The summed E-state index contributed by atoms with van der Waals surface area (Å²) in [5.41, 5.74) is 1.16. The average Bonchev–Trinajstić information content (AvgIpc) is 3.49. The first kappa shape index (κ1) is 22.3. The molecule has 0 radical (unpaired) electrons. The van der Waals surface area contributed by atoms with Crippen LogP contribution in [-0.2, 0) is 16.4 Å². The van der Waals surface area contributed by atoms with Crippen LogP contribution in [0, 0.1) is 0 Å². The molecule has 1 atom stereocenters. The van der Waals surface area contributed by atoms with Crippen molar-refractivity contribution in [3.05, 3.63) is 76.8 Å². The molecular formula is C25H26N4O4S. The summed E-state index contributed by atoms with van der Waals surface area (Å²) in [6, 6.07) is 15.3. The molecule has 1 aromatic carbocycles. The predicted octanol–water partition coefficient (Wildman–Crippen LogP) is 3.14. The van der Waals surface area contributed by atoms with E-state index in [0.717, 1.165) is 12.8 Å². The van der Waals surface area contributed by atoms with Gasteiger partial charge in [-0.3, -0.25) is 14.0 Å². The quantitative estimate of drug-likeness (QED) is 0.424. The molecule has 1 aliphatic heterocycles. The molecule has 4 heterocycles. The zero-order valence-corrected chi connectivity index (χ0v) is 19.7. The van der Waals surface area contributed by atoms with Crippen LogP contribution in [0.15, 0.2) is 70.5 Å². The highest BCUT2D eigenvalue weighted by Crippen LogP contribution is 2.26. The lowest BCUT2D eigenvalue weighted by molar-refractivity contribution is 0.0782. The van der Waals surface area contributed by atoms with E-state index >= 15 is 0 Å². The fraction of sp³-hybridized carbons (Fsp3) is 0.320. The van der Waals surface area contributed by atoms with Gasteiger partial charge < -0.3 is 9.47 Å². The lowest BCUT2D eigenvalue weighted by atomic mass is 10.3. The van der Waals surface area contributed by atoms with E-state index < -0.39 is 15.1 Å². The molecule has 3 aromatic heterocycles. The number of amides is 1. The molecule has 0 N–H and O–H groups in total. The van der Waals surface area contributed by atoms with Crippen LogP contribution in [0.25, 0.3) is 16.7 Å². The first-order valence-corrected chi connectivity index (χ1v) is 13.1. The van der Waals surface area contributed by atoms with Crippen LogP contribution in [0.4, 0.5) is 0 Å². The van der Waals surface area contributed by atoms with Crippen molar-refractivity contribution in [2.75, 3.05) is 13.1 Å². The van der Waals surface area contributed by atoms with Crippen LogP contribution in [0.2, 0.25) is 0 Å². The third-order valence-corrected chi connectivity index (χ3v) is 8.67. The summed E-state index contributed by atoms with van der Waals surface area (Å²) >= 11 is 0. The number of fused-ring (bicyclic) bond motifs is 2. The largest absolute Gasteiger partial charge is 0.336 e. The number of aryl methyl sites for hydroxylation is 1. The van der Waals surface area contributed by atoms with E-state index in [1.807, 2.05) is 10.6 Å². The number of aromatic nitrogens is 3. The normalized spacial score (nSPS) is 16.5. The minimum atomic E-state index is -3.54. The summed E-state index contributed by atoms with van der Waals surface area (Å²) in [4.78, 5) is 33.2. The fourth-order valence-corrected chi connectivity index (χ4v) is 6.32. The monoisotopic (exact) mass is 478 g/mol. The molecule has 1 unspecified atom stereocenters. The molecule has 1 fully saturated rings. The van der Waals surface area contributed by atoms with Crippen molar-refractivity contribution in [3.63, 3.8) is 0 Å². The first-order chi connectivity index (χ1) is 16.4. The van der Waals surface area contributed by atoms with Gasteiger partial charge in [-0.05, 0) is 43.2 Å². The number of carbonyl (C=O) groups is 1. The van der Waals surface area contributed by atoms with Gasteiger partial charge in [0.1, 0.15) is 17.0 Å². The van der Waals surface area contributed by atoms with Crippen LogP contribution in [0.1, 0.15) is 36.7 Å². The Kier molecular flexibility index (Phi) is 5.73. The second-order valence-corrected chi connectivity index (χ2v) is 10.9. The number of hydrogen-bond donors (Lipinski definition) is 0. The van der Waals surface area contributed by atoms with Gasteiger partial charge in [0.05, 0.1) is 15.5 Å². The molecule has 1 aliphatic rings. The molecule has 0 aliphatic carbocycles. The SMILES string of the molecule is CCCCn1c(C(=O)N2CCC(S(=O)(=O)c3ccccc3)C2)cc2c(=O)n3ccccc3nc21. The predicted molar refractivity (Wildman–Crippen MR) is 130 cm³/mol. The third kappa shape index (κ3) is 3.69. The van der Waals surface area contributed by atoms with Crippen LogP contribution in [-0.4, -0.2) is 51.5 Å². The molecule has 0 saturated carbocycles. The molecule has 0 bridgehead atoms. The first-order valence-electron chi connectivity index (χ1n) is 11.5. The Bertz CT molecular complexity index is 1540. The highest BCUT2D eigenvalue weighted by Gasteiger charge is 2.37. The van der Waals surface area contributed by atoms with E-state index in [1.54, 1.807) is 59.6 Å². The minimum absolute atomic E-state index is 0.125. The zero-order chi connectivity index (χ0) is 23.9. The van der Waals surface area contributed by atoms with Gasteiger partial charge >= 0.3 is 0 Å². The van der Waals surface area contributed by atoms with Crippen molar-refractivity contribution >= 4 is 32.4 Å². The second kappa shape index (κ2) is 8.72. The van der Waals surface area contributed by atoms with E-state index in [9.17, 15) is 18.0 Å². The number of likely N-dealkylation sites (tertiary alicyclic amines) is 1. The average molecular weight is 479 g/mol. The third-order valence-electron chi connectivity index (χ3n) is 6.47. The van der Waals surface area contributed by atoms with Gasteiger partial charge in [0, 0.05) is 25.8 Å². The highest BCUT2D eigenvalue weighted by atomic mass is 32.2. The molecule has 1 amide bonds. The summed E-state index contributed by atoms with van der Waals surface area (Å²) in [6.45, 7) is 3.08. The standard InChI is InChI=1S/C25H26N4O4S/c1-2-3-13-28-21(16-20-23(28)26-22-11-7-8-14-29(22)24(20)30)25(31)27-15-12-19(17-27)34(32,33)18-9-5-4-6-10-18/h4-11,14,16,19H,2-3,12-13,15,17H2,1H3. The molecule has 176 valence electrons. The molecule has 34 heavy (non-hydrogen) atoms. The van der Waals surface area contributed by atoms with Gasteiger partial charge in [-0.1, -0.05) is 37.6 Å². The Balaban J connectivity index is 1.52. The number of hydrogen-bond acceptors (Lipinski definition) is 5. The Morgan fingerprint density at radius 1 is 1.12 bits per heavy atom. The van der Waals surface area contributed by atoms with E-state index in [1.165, 1.54) is 4.40 Å². The lowest BCUT2D eigenvalue weighted by Crippen LogP contribution is -2.33. The molecule has 1 saturated heterocycles. The topological polar surface area (TPSA) is 93.8 Å². The van der Waals surface area contributed by atoms with Crippen LogP contribution in [0.3, 0.4) is 0 Å². The number of unbranched alkanes of at least 4 members (excludes halogenated alkanes) is 1. The van der Waals surface area contributed by atoms with Crippen LogP contribution < -0.4 is 5.56 Å². The summed E-state index contributed by atoms with van der Waals surface area (Å²) in [5.74, 6) is -0.270. The van der Waals surface area contributed by atoms with E-state index in [-0.39, 0.29) is 22.9 Å². The van der Waals surface area contributed by atoms with Gasteiger partial charge in [-0.25, -0.2) is 13.4 Å². The maximum Gasteiger partial charge on any atom is 0.270 e. The number of nitrogens with zero attached hydrogens (tertiary/aromatic N) is 4. The van der Waals surface area contributed by atoms with Gasteiger partial charge in [0.25, 0.3) is 11.5 Å².